The van der Waals surface area contributed by atoms with Gasteiger partial charge in [0.15, 0.2) is 5.69 Å². The number of carbonyl (C=O) groups is 3. The minimum Gasteiger partial charge on any atom is -0.476 e. The zero-order valence-electron chi connectivity index (χ0n) is 19.3. The quantitative estimate of drug-likeness (QED) is 0.360. The highest BCUT2D eigenvalue weighted by Gasteiger charge is 2.29. The number of carboxylic acid groups (broad SMARTS) is 1. The van der Waals surface area contributed by atoms with E-state index in [-0.39, 0.29) is 36.6 Å². The molecule has 182 valence electrons. The van der Waals surface area contributed by atoms with E-state index < -0.39 is 12.1 Å². The van der Waals surface area contributed by atoms with Crippen LogP contribution >= 0.6 is 11.3 Å². The fourth-order valence-electron chi connectivity index (χ4n) is 4.21. The summed E-state index contributed by atoms with van der Waals surface area (Å²) >= 11 is 1.19. The second kappa shape index (κ2) is 11.1. The van der Waals surface area contributed by atoms with Crippen LogP contribution in [0.25, 0.3) is 11.1 Å². The molecule has 2 amide bonds. The van der Waals surface area contributed by atoms with Crippen molar-refractivity contribution < 1.29 is 24.2 Å². The predicted molar refractivity (Wildman–Crippen MR) is 132 cm³/mol. The van der Waals surface area contributed by atoms with E-state index in [9.17, 15) is 14.4 Å². The molecule has 3 N–H and O–H groups in total. The van der Waals surface area contributed by atoms with Crippen LogP contribution in [0.3, 0.4) is 0 Å². The van der Waals surface area contributed by atoms with Crippen molar-refractivity contribution in [1.82, 2.24) is 15.6 Å². The Morgan fingerprint density at radius 1 is 1.06 bits per heavy atom. The summed E-state index contributed by atoms with van der Waals surface area (Å²) in [5, 5.41) is 16.4. The Bertz CT molecular complexity index is 1180. The van der Waals surface area contributed by atoms with Crippen LogP contribution in [-0.4, -0.2) is 41.2 Å². The average molecular weight is 494 g/mol. The molecule has 1 aliphatic rings. The number of amides is 2. The van der Waals surface area contributed by atoms with Crippen molar-refractivity contribution in [2.24, 2.45) is 5.92 Å². The zero-order valence-corrected chi connectivity index (χ0v) is 20.1. The summed E-state index contributed by atoms with van der Waals surface area (Å²) in [5.41, 5.74) is 4.67. The maximum Gasteiger partial charge on any atom is 0.407 e. The van der Waals surface area contributed by atoms with E-state index in [1.807, 2.05) is 31.2 Å². The number of thiazole rings is 1. The summed E-state index contributed by atoms with van der Waals surface area (Å²) in [6.07, 6.45) is 0.745. The van der Waals surface area contributed by atoms with Crippen LogP contribution in [0.2, 0.25) is 0 Å². The summed E-state index contributed by atoms with van der Waals surface area (Å²) in [6.45, 7) is 2.67. The molecule has 4 rings (SSSR count). The third kappa shape index (κ3) is 5.86. The zero-order chi connectivity index (χ0) is 24.8. The molecule has 8 nitrogen and oxygen atoms in total. The molecule has 0 fully saturated rings. The van der Waals surface area contributed by atoms with Gasteiger partial charge in [-0.15, -0.1) is 11.3 Å². The number of carbonyl (C=O) groups excluding carboxylic acids is 2. The summed E-state index contributed by atoms with van der Waals surface area (Å²) in [7, 11) is 0. The van der Waals surface area contributed by atoms with Crippen LogP contribution in [0.1, 0.15) is 52.3 Å². The van der Waals surface area contributed by atoms with Crippen molar-refractivity contribution in [3.05, 3.63) is 75.7 Å². The first kappa shape index (κ1) is 24.4. The number of alkyl carbamates (subject to hydrolysis) is 1. The number of nitrogens with one attached hydrogen (secondary N) is 2. The molecule has 2 aromatic carbocycles. The molecular weight excluding hydrogens is 466 g/mol. The molecular formula is C26H27N3O5S. The Balaban J connectivity index is 1.16. The van der Waals surface area contributed by atoms with Crippen LogP contribution in [0, 0.1) is 5.92 Å². The molecule has 0 radical (unpaired) electrons. The fraction of sp³-hybridized carbons (Fsp3) is 0.308. The standard InChI is InChI=1S/C26H27N3O5S/c1-16(24(30)28-13-23-29-22(15-35-23)25(31)32)7-6-12-27-26(33)34-14-21-19-10-4-2-8-17(19)18-9-3-5-11-20(18)21/h2-5,8-11,15-16,21H,6-7,12-14H2,1H3,(H,27,33)(H,28,30)(H,31,32). The van der Waals surface area contributed by atoms with E-state index in [4.69, 9.17) is 9.84 Å². The Labute approximate surface area is 207 Å². The van der Waals surface area contributed by atoms with Crippen molar-refractivity contribution in [2.75, 3.05) is 13.2 Å². The number of aromatic carboxylic acids is 1. The van der Waals surface area contributed by atoms with Gasteiger partial charge in [0.2, 0.25) is 5.91 Å². The van der Waals surface area contributed by atoms with Crippen molar-refractivity contribution in [2.45, 2.75) is 32.2 Å². The largest absolute Gasteiger partial charge is 0.476 e. The van der Waals surface area contributed by atoms with Gasteiger partial charge in [-0.25, -0.2) is 14.6 Å². The molecule has 0 saturated carbocycles. The van der Waals surface area contributed by atoms with Gasteiger partial charge in [0.25, 0.3) is 0 Å². The van der Waals surface area contributed by atoms with Gasteiger partial charge < -0.3 is 20.5 Å². The van der Waals surface area contributed by atoms with E-state index in [1.165, 1.54) is 39.0 Å². The minimum absolute atomic E-state index is 0.0151. The number of benzene rings is 2. The van der Waals surface area contributed by atoms with Gasteiger partial charge in [0.1, 0.15) is 11.6 Å². The number of hydrogen-bond acceptors (Lipinski definition) is 6. The van der Waals surface area contributed by atoms with Gasteiger partial charge in [-0.2, -0.15) is 0 Å². The predicted octanol–water partition coefficient (Wildman–Crippen LogP) is 4.41. The number of nitrogens with zero attached hydrogens (tertiary/aromatic N) is 1. The van der Waals surface area contributed by atoms with E-state index >= 15 is 0 Å². The van der Waals surface area contributed by atoms with Gasteiger partial charge in [-0.05, 0) is 35.1 Å². The van der Waals surface area contributed by atoms with Gasteiger partial charge in [-0.1, -0.05) is 55.5 Å². The molecule has 1 aromatic heterocycles. The number of carboxylic acids is 1. The van der Waals surface area contributed by atoms with Crippen molar-refractivity contribution in [3.8, 4) is 11.1 Å². The van der Waals surface area contributed by atoms with Crippen LogP contribution < -0.4 is 10.6 Å². The molecule has 35 heavy (non-hydrogen) atoms. The smallest absolute Gasteiger partial charge is 0.407 e. The highest BCUT2D eigenvalue weighted by Crippen LogP contribution is 2.44. The third-order valence-corrected chi connectivity index (χ3v) is 6.91. The Kier molecular flexibility index (Phi) is 7.77. The highest BCUT2D eigenvalue weighted by atomic mass is 32.1. The number of hydrogen-bond donors (Lipinski definition) is 3. The molecule has 3 aromatic rings. The second-order valence-corrected chi connectivity index (χ2v) is 9.39. The molecule has 0 aliphatic heterocycles. The molecule has 1 aliphatic carbocycles. The molecule has 0 spiro atoms. The summed E-state index contributed by atoms with van der Waals surface area (Å²) in [5.74, 6) is -1.46. The first-order valence-electron chi connectivity index (χ1n) is 11.5. The van der Waals surface area contributed by atoms with E-state index in [0.29, 0.717) is 24.4 Å². The molecule has 1 atom stereocenters. The van der Waals surface area contributed by atoms with Gasteiger partial charge >= 0.3 is 12.1 Å². The number of rotatable bonds is 10. The lowest BCUT2D eigenvalue weighted by molar-refractivity contribution is -0.124. The van der Waals surface area contributed by atoms with Gasteiger partial charge in [0, 0.05) is 23.8 Å². The topological polar surface area (TPSA) is 118 Å². The first-order valence-corrected chi connectivity index (χ1v) is 12.4. The van der Waals surface area contributed by atoms with E-state index in [0.717, 1.165) is 0 Å². The SMILES string of the molecule is CC(CCCNC(=O)OCC1c2ccccc2-c2ccccc21)C(=O)NCc1nc(C(=O)O)cs1. The number of ether oxygens (including phenoxy) is 1. The fourth-order valence-corrected chi connectivity index (χ4v) is 4.91. The molecule has 0 bridgehead atoms. The summed E-state index contributed by atoms with van der Waals surface area (Å²) in [6, 6.07) is 16.4. The first-order chi connectivity index (χ1) is 16.9. The summed E-state index contributed by atoms with van der Waals surface area (Å²) in [4.78, 5) is 39.4. The molecule has 9 heteroatoms. The third-order valence-electron chi connectivity index (χ3n) is 6.06. The lowest BCUT2D eigenvalue weighted by atomic mass is 9.98. The maximum absolute atomic E-state index is 12.3. The normalized spacial score (nSPS) is 12.9. The van der Waals surface area contributed by atoms with Crippen molar-refractivity contribution in [1.29, 1.82) is 0 Å². The Morgan fingerprint density at radius 3 is 2.34 bits per heavy atom. The van der Waals surface area contributed by atoms with Crippen LogP contribution in [0.4, 0.5) is 4.79 Å². The monoisotopic (exact) mass is 493 g/mol. The maximum atomic E-state index is 12.3. The lowest BCUT2D eigenvalue weighted by Gasteiger charge is -2.15. The van der Waals surface area contributed by atoms with Crippen LogP contribution in [0.5, 0.6) is 0 Å². The molecule has 1 heterocycles. The van der Waals surface area contributed by atoms with Crippen LogP contribution in [0.15, 0.2) is 53.9 Å². The molecule has 1 unspecified atom stereocenters. The van der Waals surface area contributed by atoms with Gasteiger partial charge in [0.05, 0.1) is 6.54 Å². The van der Waals surface area contributed by atoms with E-state index in [1.54, 1.807) is 0 Å². The van der Waals surface area contributed by atoms with E-state index in [2.05, 4.69) is 39.9 Å². The van der Waals surface area contributed by atoms with Crippen molar-refractivity contribution in [3.63, 3.8) is 0 Å². The van der Waals surface area contributed by atoms with Gasteiger partial charge in [-0.3, -0.25) is 4.79 Å². The van der Waals surface area contributed by atoms with Crippen LogP contribution in [-0.2, 0) is 16.1 Å². The Hall–Kier alpha value is -3.72. The van der Waals surface area contributed by atoms with Crippen molar-refractivity contribution >= 4 is 29.3 Å². The second-order valence-electron chi connectivity index (χ2n) is 8.45. The average Bonchev–Trinajstić information content (AvgIpc) is 3.47. The Morgan fingerprint density at radius 2 is 1.71 bits per heavy atom. The molecule has 0 saturated heterocycles. The highest BCUT2D eigenvalue weighted by molar-refractivity contribution is 7.09. The lowest BCUT2D eigenvalue weighted by Crippen LogP contribution is -2.30. The number of fused-ring (bicyclic) bond motifs is 3. The number of aromatic nitrogens is 1. The minimum atomic E-state index is -1.09. The summed E-state index contributed by atoms with van der Waals surface area (Å²) < 4.78 is 5.52.